The maximum absolute atomic E-state index is 12.3. The van der Waals surface area contributed by atoms with E-state index < -0.39 is 11.5 Å². The van der Waals surface area contributed by atoms with Crippen LogP contribution in [0.2, 0.25) is 0 Å². The smallest absolute Gasteiger partial charge is 0.329 e. The van der Waals surface area contributed by atoms with Crippen molar-refractivity contribution < 1.29 is 14.7 Å². The Kier molecular flexibility index (Phi) is 5.08. The van der Waals surface area contributed by atoms with Crippen LogP contribution in [0.15, 0.2) is 0 Å². The van der Waals surface area contributed by atoms with Crippen LogP contribution in [0, 0.1) is 0 Å². The zero-order valence-corrected chi connectivity index (χ0v) is 13.1. The monoisotopic (exact) mass is 297 g/mol. The molecule has 0 aromatic carbocycles. The highest BCUT2D eigenvalue weighted by Crippen LogP contribution is 2.30. The summed E-state index contributed by atoms with van der Waals surface area (Å²) < 4.78 is 0. The average Bonchev–Trinajstić information content (AvgIpc) is 3.08. The Balaban J connectivity index is 1.91. The number of hydrogen-bond acceptors (Lipinski definition) is 3. The summed E-state index contributed by atoms with van der Waals surface area (Å²) in [6.45, 7) is 4.89. The predicted molar refractivity (Wildman–Crippen MR) is 80.3 cm³/mol. The summed E-state index contributed by atoms with van der Waals surface area (Å²) in [6.07, 6.45) is 5.08. The average molecular weight is 297 g/mol. The first-order valence-corrected chi connectivity index (χ1v) is 7.99. The van der Waals surface area contributed by atoms with E-state index in [9.17, 15) is 14.7 Å². The van der Waals surface area contributed by atoms with E-state index >= 15 is 0 Å². The number of amides is 2. The number of likely N-dealkylation sites (tertiary alicyclic amines) is 1. The summed E-state index contributed by atoms with van der Waals surface area (Å²) in [7, 11) is 1.76. The molecule has 1 saturated carbocycles. The number of likely N-dealkylation sites (N-methyl/N-ethyl adjacent to an activating group) is 2. The molecule has 2 N–H and O–H groups in total. The van der Waals surface area contributed by atoms with E-state index in [1.807, 2.05) is 0 Å². The Hall–Kier alpha value is -1.30. The minimum absolute atomic E-state index is 0.262. The fourth-order valence-corrected chi connectivity index (χ4v) is 3.59. The standard InChI is InChI=1S/C15H27N3O3/c1-3-18-10-6-7-12(18)11-17(2)14(21)16-15(13(19)20)8-4-5-9-15/h12H,3-11H2,1-2H3,(H,16,21)(H,19,20). The molecule has 0 aromatic heterocycles. The van der Waals surface area contributed by atoms with E-state index in [1.54, 1.807) is 11.9 Å². The van der Waals surface area contributed by atoms with Crippen molar-refractivity contribution in [1.29, 1.82) is 0 Å². The maximum atomic E-state index is 12.3. The third-order valence-electron chi connectivity index (χ3n) is 4.95. The van der Waals surface area contributed by atoms with Gasteiger partial charge in [0.2, 0.25) is 0 Å². The van der Waals surface area contributed by atoms with Crippen LogP contribution in [0.25, 0.3) is 0 Å². The van der Waals surface area contributed by atoms with Gasteiger partial charge in [0.1, 0.15) is 5.54 Å². The van der Waals surface area contributed by atoms with Crippen LogP contribution in [0.1, 0.15) is 45.4 Å². The van der Waals surface area contributed by atoms with Crippen LogP contribution in [0.3, 0.4) is 0 Å². The van der Waals surface area contributed by atoms with Gasteiger partial charge in [-0.1, -0.05) is 19.8 Å². The van der Waals surface area contributed by atoms with Crippen molar-refractivity contribution in [2.24, 2.45) is 0 Å². The molecule has 1 aliphatic heterocycles. The molecule has 2 aliphatic rings. The Morgan fingerprint density at radius 1 is 1.33 bits per heavy atom. The van der Waals surface area contributed by atoms with Gasteiger partial charge in [-0.05, 0) is 38.8 Å². The number of carbonyl (C=O) groups excluding carboxylic acids is 1. The van der Waals surface area contributed by atoms with Gasteiger partial charge in [-0.15, -0.1) is 0 Å². The number of carboxylic acids is 1. The Bertz CT molecular complexity index is 394. The minimum Gasteiger partial charge on any atom is -0.480 e. The van der Waals surface area contributed by atoms with Gasteiger partial charge in [0.05, 0.1) is 0 Å². The number of carbonyl (C=O) groups is 2. The van der Waals surface area contributed by atoms with Crippen molar-refractivity contribution in [3.8, 4) is 0 Å². The van der Waals surface area contributed by atoms with E-state index in [1.165, 1.54) is 6.42 Å². The third-order valence-corrected chi connectivity index (χ3v) is 4.95. The van der Waals surface area contributed by atoms with Gasteiger partial charge in [0, 0.05) is 19.6 Å². The summed E-state index contributed by atoms with van der Waals surface area (Å²) in [5.41, 5.74) is -1.05. The molecule has 1 heterocycles. The lowest BCUT2D eigenvalue weighted by molar-refractivity contribution is -0.144. The molecule has 0 bridgehead atoms. The second-order valence-corrected chi connectivity index (χ2v) is 6.33. The van der Waals surface area contributed by atoms with Gasteiger partial charge in [0.25, 0.3) is 0 Å². The van der Waals surface area contributed by atoms with Crippen molar-refractivity contribution in [3.63, 3.8) is 0 Å². The highest BCUT2D eigenvalue weighted by Gasteiger charge is 2.43. The Labute approximate surface area is 126 Å². The van der Waals surface area contributed by atoms with Crippen molar-refractivity contribution in [2.75, 3.05) is 26.7 Å². The molecule has 2 amide bonds. The number of rotatable bonds is 5. The quantitative estimate of drug-likeness (QED) is 0.807. The maximum Gasteiger partial charge on any atom is 0.329 e. The number of nitrogens with zero attached hydrogens (tertiary/aromatic N) is 2. The van der Waals surface area contributed by atoms with Crippen molar-refractivity contribution in [3.05, 3.63) is 0 Å². The van der Waals surface area contributed by atoms with Crippen molar-refractivity contribution in [1.82, 2.24) is 15.1 Å². The van der Waals surface area contributed by atoms with E-state index in [0.29, 0.717) is 25.4 Å². The molecule has 1 saturated heterocycles. The largest absolute Gasteiger partial charge is 0.480 e. The molecule has 1 unspecified atom stereocenters. The van der Waals surface area contributed by atoms with Crippen LogP contribution in [-0.4, -0.2) is 65.2 Å². The van der Waals surface area contributed by atoms with Crippen LogP contribution in [0.5, 0.6) is 0 Å². The summed E-state index contributed by atoms with van der Waals surface area (Å²) in [5.74, 6) is -0.905. The van der Waals surface area contributed by atoms with Crippen LogP contribution in [0.4, 0.5) is 4.79 Å². The highest BCUT2D eigenvalue weighted by atomic mass is 16.4. The fourth-order valence-electron chi connectivity index (χ4n) is 3.59. The molecular formula is C15H27N3O3. The lowest BCUT2D eigenvalue weighted by Gasteiger charge is -2.31. The topological polar surface area (TPSA) is 72.9 Å². The van der Waals surface area contributed by atoms with E-state index in [-0.39, 0.29) is 6.03 Å². The first kappa shape index (κ1) is 16.1. The fraction of sp³-hybridized carbons (Fsp3) is 0.867. The molecule has 21 heavy (non-hydrogen) atoms. The molecule has 2 fully saturated rings. The van der Waals surface area contributed by atoms with Gasteiger partial charge >= 0.3 is 12.0 Å². The molecule has 1 aliphatic carbocycles. The highest BCUT2D eigenvalue weighted by molar-refractivity contribution is 5.86. The van der Waals surface area contributed by atoms with Gasteiger partial charge in [0.15, 0.2) is 0 Å². The number of hydrogen-bond donors (Lipinski definition) is 2. The minimum atomic E-state index is -1.05. The van der Waals surface area contributed by atoms with E-state index in [0.717, 1.165) is 32.4 Å². The molecule has 0 aromatic rings. The van der Waals surface area contributed by atoms with E-state index in [4.69, 9.17) is 0 Å². The Morgan fingerprint density at radius 2 is 2.00 bits per heavy atom. The Morgan fingerprint density at radius 3 is 2.57 bits per heavy atom. The SMILES string of the molecule is CCN1CCCC1CN(C)C(=O)NC1(C(=O)O)CCCC1. The summed E-state index contributed by atoms with van der Waals surface area (Å²) in [5, 5.41) is 12.2. The molecular weight excluding hydrogens is 270 g/mol. The lowest BCUT2D eigenvalue weighted by Crippen LogP contribution is -2.56. The van der Waals surface area contributed by atoms with Crippen molar-refractivity contribution >= 4 is 12.0 Å². The number of urea groups is 1. The summed E-state index contributed by atoms with van der Waals surface area (Å²) in [4.78, 5) is 27.8. The molecule has 0 spiro atoms. The summed E-state index contributed by atoms with van der Waals surface area (Å²) >= 11 is 0. The third kappa shape index (κ3) is 3.48. The molecule has 2 rings (SSSR count). The van der Waals surface area contributed by atoms with Crippen LogP contribution < -0.4 is 5.32 Å². The summed E-state index contributed by atoms with van der Waals surface area (Å²) in [6, 6.07) is 0.136. The van der Waals surface area contributed by atoms with Crippen LogP contribution in [-0.2, 0) is 4.79 Å². The lowest BCUT2D eigenvalue weighted by atomic mass is 9.98. The second kappa shape index (κ2) is 6.64. The van der Waals surface area contributed by atoms with Crippen LogP contribution >= 0.6 is 0 Å². The van der Waals surface area contributed by atoms with Crippen molar-refractivity contribution in [2.45, 2.75) is 57.0 Å². The number of carboxylic acid groups (broad SMARTS) is 1. The molecule has 1 atom stereocenters. The molecule has 6 heteroatoms. The normalized spacial score (nSPS) is 25.0. The first-order chi connectivity index (χ1) is 9.98. The van der Waals surface area contributed by atoms with Gasteiger partial charge in [-0.25, -0.2) is 9.59 Å². The first-order valence-electron chi connectivity index (χ1n) is 7.99. The molecule has 6 nitrogen and oxygen atoms in total. The molecule has 0 radical (unpaired) electrons. The predicted octanol–water partition coefficient (Wildman–Crippen LogP) is 1.51. The number of aliphatic carboxylic acids is 1. The zero-order valence-electron chi connectivity index (χ0n) is 13.1. The second-order valence-electron chi connectivity index (χ2n) is 6.33. The van der Waals surface area contributed by atoms with Gasteiger partial charge < -0.3 is 15.3 Å². The molecule has 120 valence electrons. The van der Waals surface area contributed by atoms with Gasteiger partial charge in [-0.2, -0.15) is 0 Å². The number of nitrogens with one attached hydrogen (secondary N) is 1. The zero-order chi connectivity index (χ0) is 15.5. The van der Waals surface area contributed by atoms with Gasteiger partial charge in [-0.3, -0.25) is 4.90 Å². The van der Waals surface area contributed by atoms with E-state index in [2.05, 4.69) is 17.1 Å².